The van der Waals surface area contributed by atoms with E-state index in [4.69, 9.17) is 9.47 Å². The minimum atomic E-state index is -0.527. The van der Waals surface area contributed by atoms with Crippen molar-refractivity contribution < 1.29 is 14.6 Å². The maximum atomic E-state index is 10.5. The van der Waals surface area contributed by atoms with Gasteiger partial charge in [-0.25, -0.2) is 0 Å². The summed E-state index contributed by atoms with van der Waals surface area (Å²) >= 11 is 0. The van der Waals surface area contributed by atoms with Crippen LogP contribution in [0.2, 0.25) is 0 Å². The van der Waals surface area contributed by atoms with Crippen molar-refractivity contribution in [1.29, 1.82) is 0 Å². The van der Waals surface area contributed by atoms with Crippen LogP contribution in [0.15, 0.2) is 84.7 Å². The standard InChI is InChI=1S/C28H32N2O3/c1-32-27-12-15-29-18-25(27)20-33-21-26(31)19-30-16-13-24(14-17-30)28(22-8-4-2-5-9-22)23-10-6-3-7-11-23/h2-12,15,18,26,31H,13-14,16-17,19-21H2,1H3. The number of rotatable bonds is 9. The third-order valence-electron chi connectivity index (χ3n) is 6.05. The molecule has 0 radical (unpaired) electrons. The van der Waals surface area contributed by atoms with Crippen molar-refractivity contribution in [3.8, 4) is 5.75 Å². The van der Waals surface area contributed by atoms with Crippen LogP contribution < -0.4 is 4.74 Å². The van der Waals surface area contributed by atoms with Gasteiger partial charge in [0, 0.05) is 37.6 Å². The minimum absolute atomic E-state index is 0.288. The van der Waals surface area contributed by atoms with E-state index in [2.05, 4.69) is 70.5 Å². The number of hydrogen-bond donors (Lipinski definition) is 1. The van der Waals surface area contributed by atoms with Crippen LogP contribution in [0.4, 0.5) is 0 Å². The van der Waals surface area contributed by atoms with Crippen molar-refractivity contribution >= 4 is 5.57 Å². The van der Waals surface area contributed by atoms with Crippen LogP contribution >= 0.6 is 0 Å². The maximum Gasteiger partial charge on any atom is 0.127 e. The van der Waals surface area contributed by atoms with Gasteiger partial charge in [0.15, 0.2) is 0 Å². The molecule has 0 amide bonds. The second-order valence-electron chi connectivity index (χ2n) is 8.37. The molecule has 33 heavy (non-hydrogen) atoms. The van der Waals surface area contributed by atoms with E-state index in [9.17, 15) is 5.11 Å². The number of ether oxygens (including phenoxy) is 2. The largest absolute Gasteiger partial charge is 0.496 e. The van der Waals surface area contributed by atoms with Gasteiger partial charge in [-0.05, 0) is 35.6 Å². The number of benzene rings is 2. The molecule has 1 aliphatic heterocycles. The molecule has 2 aromatic carbocycles. The molecule has 0 aliphatic carbocycles. The topological polar surface area (TPSA) is 54.8 Å². The van der Waals surface area contributed by atoms with E-state index in [1.807, 2.05) is 6.07 Å². The lowest BCUT2D eigenvalue weighted by molar-refractivity contribution is 0.00823. The molecule has 1 aliphatic rings. The molecule has 1 saturated heterocycles. The Kier molecular flexibility index (Phi) is 8.25. The molecule has 5 heteroatoms. The van der Waals surface area contributed by atoms with Gasteiger partial charge in [-0.2, -0.15) is 0 Å². The van der Waals surface area contributed by atoms with E-state index < -0.39 is 6.10 Å². The van der Waals surface area contributed by atoms with Crippen molar-refractivity contribution in [3.05, 3.63) is 101 Å². The number of β-amino-alcohol motifs (C(OH)–C–C–N with tert-alkyl or cyclic N) is 1. The molecule has 4 rings (SSSR count). The molecule has 172 valence electrons. The highest BCUT2D eigenvalue weighted by Gasteiger charge is 2.21. The number of aliphatic hydroxyl groups excluding tert-OH is 1. The Morgan fingerprint density at radius 2 is 1.61 bits per heavy atom. The fourth-order valence-corrected chi connectivity index (χ4v) is 4.42. The SMILES string of the molecule is COc1ccncc1COCC(O)CN1CCC(=C(c2ccccc2)c2ccccc2)CC1. The number of piperidine rings is 1. The van der Waals surface area contributed by atoms with Gasteiger partial charge in [-0.1, -0.05) is 66.2 Å². The number of nitrogens with zero attached hydrogens (tertiary/aromatic N) is 2. The van der Waals surface area contributed by atoms with Crippen LogP contribution in [0.3, 0.4) is 0 Å². The number of pyridine rings is 1. The Morgan fingerprint density at radius 1 is 0.970 bits per heavy atom. The number of hydrogen-bond acceptors (Lipinski definition) is 5. The molecule has 0 saturated carbocycles. The first-order valence-corrected chi connectivity index (χ1v) is 11.5. The number of methoxy groups -OCH3 is 1. The molecule has 0 bridgehead atoms. The smallest absolute Gasteiger partial charge is 0.127 e. The molecule has 1 atom stereocenters. The van der Waals surface area contributed by atoms with Crippen molar-refractivity contribution in [3.63, 3.8) is 0 Å². The first kappa shape index (κ1) is 23.2. The lowest BCUT2D eigenvalue weighted by Gasteiger charge is -2.31. The quantitative estimate of drug-likeness (QED) is 0.524. The lowest BCUT2D eigenvalue weighted by Crippen LogP contribution is -2.38. The summed E-state index contributed by atoms with van der Waals surface area (Å²) in [6, 6.07) is 23.1. The minimum Gasteiger partial charge on any atom is -0.496 e. The Balaban J connectivity index is 1.33. The number of aliphatic hydroxyl groups is 1. The summed E-state index contributed by atoms with van der Waals surface area (Å²) in [6.45, 7) is 3.15. The van der Waals surface area contributed by atoms with Gasteiger partial charge in [-0.15, -0.1) is 0 Å². The van der Waals surface area contributed by atoms with Crippen molar-refractivity contribution in [2.24, 2.45) is 0 Å². The molecule has 0 spiro atoms. The molecule has 2 heterocycles. The Labute approximate surface area is 196 Å². The predicted octanol–water partition coefficient (Wildman–Crippen LogP) is 4.57. The van der Waals surface area contributed by atoms with Gasteiger partial charge < -0.3 is 19.5 Å². The first-order valence-electron chi connectivity index (χ1n) is 11.5. The summed E-state index contributed by atoms with van der Waals surface area (Å²) in [7, 11) is 1.63. The zero-order chi connectivity index (χ0) is 22.9. The van der Waals surface area contributed by atoms with Crippen LogP contribution in [0.1, 0.15) is 29.5 Å². The maximum absolute atomic E-state index is 10.5. The highest BCUT2D eigenvalue weighted by Crippen LogP contribution is 2.32. The van der Waals surface area contributed by atoms with Gasteiger partial charge in [0.2, 0.25) is 0 Å². The fourth-order valence-electron chi connectivity index (χ4n) is 4.42. The number of aromatic nitrogens is 1. The van der Waals surface area contributed by atoms with Gasteiger partial charge in [0.25, 0.3) is 0 Å². The van der Waals surface area contributed by atoms with E-state index >= 15 is 0 Å². The Hall–Kier alpha value is -2.99. The molecular formula is C28H32N2O3. The molecular weight excluding hydrogens is 412 g/mol. The second kappa shape index (κ2) is 11.8. The van der Waals surface area contributed by atoms with E-state index in [1.54, 1.807) is 19.5 Å². The summed E-state index contributed by atoms with van der Waals surface area (Å²) in [5, 5.41) is 10.5. The molecule has 3 aromatic rings. The van der Waals surface area contributed by atoms with Gasteiger partial charge in [-0.3, -0.25) is 4.98 Å². The number of likely N-dealkylation sites (tertiary alicyclic amines) is 1. The van der Waals surface area contributed by atoms with Crippen molar-refractivity contribution in [2.75, 3.05) is 33.4 Å². The van der Waals surface area contributed by atoms with Crippen LogP contribution in [0.5, 0.6) is 5.75 Å². The summed E-state index contributed by atoms with van der Waals surface area (Å²) in [6.07, 6.45) is 4.90. The van der Waals surface area contributed by atoms with Gasteiger partial charge >= 0.3 is 0 Å². The third-order valence-corrected chi connectivity index (χ3v) is 6.05. The van der Waals surface area contributed by atoms with Gasteiger partial charge in [0.1, 0.15) is 5.75 Å². The average molecular weight is 445 g/mol. The molecule has 1 unspecified atom stereocenters. The zero-order valence-electron chi connectivity index (χ0n) is 19.2. The monoisotopic (exact) mass is 444 g/mol. The second-order valence-corrected chi connectivity index (χ2v) is 8.37. The van der Waals surface area contributed by atoms with E-state index in [0.717, 1.165) is 37.2 Å². The van der Waals surface area contributed by atoms with E-state index in [0.29, 0.717) is 13.2 Å². The highest BCUT2D eigenvalue weighted by atomic mass is 16.5. The van der Waals surface area contributed by atoms with Crippen LogP contribution in [-0.2, 0) is 11.3 Å². The molecule has 1 aromatic heterocycles. The van der Waals surface area contributed by atoms with E-state index in [-0.39, 0.29) is 6.61 Å². The van der Waals surface area contributed by atoms with Crippen LogP contribution in [0.25, 0.3) is 5.57 Å². The summed E-state index contributed by atoms with van der Waals surface area (Å²) in [5.74, 6) is 0.752. The first-order chi connectivity index (χ1) is 16.2. The zero-order valence-corrected chi connectivity index (χ0v) is 19.2. The van der Waals surface area contributed by atoms with Crippen LogP contribution in [0, 0.1) is 0 Å². The van der Waals surface area contributed by atoms with Crippen molar-refractivity contribution in [2.45, 2.75) is 25.6 Å². The predicted molar refractivity (Wildman–Crippen MR) is 131 cm³/mol. The Morgan fingerprint density at radius 3 is 2.21 bits per heavy atom. The highest BCUT2D eigenvalue weighted by molar-refractivity contribution is 5.82. The van der Waals surface area contributed by atoms with Crippen LogP contribution in [-0.4, -0.2) is 54.4 Å². The third kappa shape index (κ3) is 6.29. The summed E-state index contributed by atoms with van der Waals surface area (Å²) < 4.78 is 11.1. The van der Waals surface area contributed by atoms with Crippen molar-refractivity contribution in [1.82, 2.24) is 9.88 Å². The summed E-state index contributed by atoms with van der Waals surface area (Å²) in [4.78, 5) is 6.44. The van der Waals surface area contributed by atoms with E-state index in [1.165, 1.54) is 22.3 Å². The molecule has 5 nitrogen and oxygen atoms in total. The Bertz CT molecular complexity index is 986. The lowest BCUT2D eigenvalue weighted by atomic mass is 9.88. The summed E-state index contributed by atoms with van der Waals surface area (Å²) in [5.41, 5.74) is 6.26. The molecule has 1 fully saturated rings. The normalized spacial score (nSPS) is 15.3. The fraction of sp³-hybridized carbons (Fsp3) is 0.321. The average Bonchev–Trinajstić information content (AvgIpc) is 2.87. The molecule has 1 N–H and O–H groups in total. The van der Waals surface area contributed by atoms with Gasteiger partial charge in [0.05, 0.1) is 26.4 Å².